The van der Waals surface area contributed by atoms with Crippen molar-refractivity contribution in [1.29, 1.82) is 0 Å². The molecule has 1 aromatic heterocycles. The molecular weight excluding hydrogens is 332 g/mol. The van der Waals surface area contributed by atoms with Crippen LogP contribution in [0.25, 0.3) is 0 Å². The number of aromatic nitrogens is 2. The van der Waals surface area contributed by atoms with Crippen molar-refractivity contribution >= 4 is 5.78 Å². The molecule has 0 radical (unpaired) electrons. The molecule has 0 spiro atoms. The Bertz CT molecular complexity index is 612. The number of carbonyl (C=O) groups is 1. The van der Waals surface area contributed by atoms with Crippen LogP contribution in [0.15, 0.2) is 6.33 Å². The SMILES string of the molecule is CC(=O)C[C@@H](C)COC1CC(COc2ncnc(OCC3CC3)c2C)C1. The normalized spacial score (nSPS) is 23.2. The molecule has 0 aromatic carbocycles. The van der Waals surface area contributed by atoms with E-state index in [4.69, 9.17) is 14.2 Å². The molecule has 26 heavy (non-hydrogen) atoms. The van der Waals surface area contributed by atoms with Crippen molar-refractivity contribution in [1.82, 2.24) is 9.97 Å². The predicted molar refractivity (Wildman–Crippen MR) is 97.4 cm³/mol. The van der Waals surface area contributed by atoms with Crippen LogP contribution in [-0.2, 0) is 9.53 Å². The first-order valence-corrected chi connectivity index (χ1v) is 9.69. The van der Waals surface area contributed by atoms with Gasteiger partial charge < -0.3 is 19.0 Å². The third-order valence-electron chi connectivity index (χ3n) is 5.04. The molecule has 2 aliphatic rings. The molecule has 0 unspecified atom stereocenters. The second-order valence-electron chi connectivity index (χ2n) is 7.98. The van der Waals surface area contributed by atoms with Crippen LogP contribution in [0.2, 0.25) is 0 Å². The van der Waals surface area contributed by atoms with Gasteiger partial charge in [0.2, 0.25) is 11.8 Å². The lowest BCUT2D eigenvalue weighted by atomic mass is 9.83. The van der Waals surface area contributed by atoms with E-state index < -0.39 is 0 Å². The quantitative estimate of drug-likeness (QED) is 0.601. The Kier molecular flexibility index (Phi) is 6.46. The number of nitrogens with zero attached hydrogens (tertiary/aromatic N) is 2. The summed E-state index contributed by atoms with van der Waals surface area (Å²) in [5, 5.41) is 0. The fourth-order valence-electron chi connectivity index (χ4n) is 3.18. The molecule has 1 heterocycles. The van der Waals surface area contributed by atoms with Crippen LogP contribution in [0.1, 0.15) is 51.5 Å². The lowest BCUT2D eigenvalue weighted by Gasteiger charge is -2.35. The molecule has 2 saturated carbocycles. The van der Waals surface area contributed by atoms with Gasteiger partial charge in [-0.15, -0.1) is 0 Å². The Hall–Kier alpha value is -1.69. The third-order valence-corrected chi connectivity index (χ3v) is 5.04. The van der Waals surface area contributed by atoms with E-state index in [9.17, 15) is 4.79 Å². The van der Waals surface area contributed by atoms with E-state index in [2.05, 4.69) is 16.9 Å². The smallest absolute Gasteiger partial charge is 0.223 e. The Morgan fingerprint density at radius 1 is 1.15 bits per heavy atom. The summed E-state index contributed by atoms with van der Waals surface area (Å²) in [6.45, 7) is 7.67. The van der Waals surface area contributed by atoms with E-state index in [1.165, 1.54) is 19.2 Å². The fraction of sp³-hybridized carbons (Fsp3) is 0.750. The predicted octanol–water partition coefficient (Wildman–Crippen LogP) is 3.36. The summed E-state index contributed by atoms with van der Waals surface area (Å²) in [7, 11) is 0. The van der Waals surface area contributed by atoms with Gasteiger partial charge in [0.05, 0.1) is 24.9 Å². The van der Waals surface area contributed by atoms with Crippen molar-refractivity contribution in [3.63, 3.8) is 0 Å². The van der Waals surface area contributed by atoms with Gasteiger partial charge in [-0.3, -0.25) is 0 Å². The van der Waals surface area contributed by atoms with Crippen molar-refractivity contribution in [3.05, 3.63) is 11.9 Å². The van der Waals surface area contributed by atoms with Crippen molar-refractivity contribution in [2.45, 2.75) is 59.0 Å². The number of carbonyl (C=O) groups excluding carboxylic acids is 1. The van der Waals surface area contributed by atoms with Gasteiger partial charge in [0.25, 0.3) is 0 Å². The largest absolute Gasteiger partial charge is 0.477 e. The zero-order valence-corrected chi connectivity index (χ0v) is 16.1. The summed E-state index contributed by atoms with van der Waals surface area (Å²) in [5.74, 6) is 2.95. The average Bonchev–Trinajstić information content (AvgIpc) is 3.36. The summed E-state index contributed by atoms with van der Waals surface area (Å²) in [6, 6.07) is 0. The number of hydrogen-bond donors (Lipinski definition) is 0. The maximum absolute atomic E-state index is 11.1. The first-order chi connectivity index (χ1) is 12.5. The molecule has 1 atom stereocenters. The van der Waals surface area contributed by atoms with E-state index >= 15 is 0 Å². The Labute approximate surface area is 155 Å². The average molecular weight is 362 g/mol. The topological polar surface area (TPSA) is 70.5 Å². The highest BCUT2D eigenvalue weighted by Crippen LogP contribution is 2.33. The minimum atomic E-state index is 0.224. The van der Waals surface area contributed by atoms with E-state index in [1.54, 1.807) is 6.92 Å². The summed E-state index contributed by atoms with van der Waals surface area (Å²) >= 11 is 0. The number of rotatable bonds is 11. The van der Waals surface area contributed by atoms with Crippen LogP contribution in [0.5, 0.6) is 11.8 Å². The molecule has 0 aliphatic heterocycles. The first-order valence-electron chi connectivity index (χ1n) is 9.69. The van der Waals surface area contributed by atoms with Crippen molar-refractivity contribution in [2.75, 3.05) is 19.8 Å². The Morgan fingerprint density at radius 3 is 2.35 bits per heavy atom. The third kappa shape index (κ3) is 5.66. The van der Waals surface area contributed by atoms with Crippen LogP contribution in [0, 0.1) is 24.7 Å². The van der Waals surface area contributed by atoms with Crippen molar-refractivity contribution in [3.8, 4) is 11.8 Å². The van der Waals surface area contributed by atoms with Crippen LogP contribution >= 0.6 is 0 Å². The van der Waals surface area contributed by atoms with Crippen LogP contribution in [-0.4, -0.2) is 41.7 Å². The second kappa shape index (κ2) is 8.80. The van der Waals surface area contributed by atoms with Gasteiger partial charge in [-0.1, -0.05) is 6.92 Å². The highest BCUT2D eigenvalue weighted by Gasteiger charge is 2.31. The van der Waals surface area contributed by atoms with Crippen LogP contribution in [0.3, 0.4) is 0 Å². The minimum absolute atomic E-state index is 0.224. The van der Waals surface area contributed by atoms with Crippen LogP contribution < -0.4 is 9.47 Å². The maximum Gasteiger partial charge on any atom is 0.223 e. The van der Waals surface area contributed by atoms with E-state index in [0.29, 0.717) is 55.3 Å². The van der Waals surface area contributed by atoms with Gasteiger partial charge in [-0.25, -0.2) is 9.97 Å². The zero-order chi connectivity index (χ0) is 18.5. The minimum Gasteiger partial charge on any atom is -0.477 e. The summed E-state index contributed by atoms with van der Waals surface area (Å²) in [5.41, 5.74) is 0.873. The molecular formula is C20H30N2O4. The molecule has 0 amide bonds. The van der Waals surface area contributed by atoms with Gasteiger partial charge >= 0.3 is 0 Å². The number of Topliss-reactive ketones (excluding diaryl/α,β-unsaturated/α-hetero) is 1. The molecule has 2 aliphatic carbocycles. The summed E-state index contributed by atoms with van der Waals surface area (Å²) in [6.07, 6.45) is 6.91. The van der Waals surface area contributed by atoms with Gasteiger partial charge in [0.15, 0.2) is 0 Å². The first kappa shape index (κ1) is 19.1. The zero-order valence-electron chi connectivity index (χ0n) is 16.1. The number of ether oxygens (including phenoxy) is 3. The maximum atomic E-state index is 11.1. The summed E-state index contributed by atoms with van der Waals surface area (Å²) < 4.78 is 17.5. The van der Waals surface area contributed by atoms with Gasteiger partial charge in [-0.2, -0.15) is 0 Å². The molecule has 3 rings (SSSR count). The number of ketones is 1. The fourth-order valence-corrected chi connectivity index (χ4v) is 3.18. The molecule has 2 fully saturated rings. The lowest BCUT2D eigenvalue weighted by Crippen LogP contribution is -2.36. The molecule has 1 aromatic rings. The Balaban J connectivity index is 1.35. The van der Waals surface area contributed by atoms with Gasteiger partial charge in [-0.05, 0) is 57.3 Å². The lowest BCUT2D eigenvalue weighted by molar-refractivity contribution is -0.119. The van der Waals surface area contributed by atoms with E-state index in [-0.39, 0.29) is 5.78 Å². The van der Waals surface area contributed by atoms with Gasteiger partial charge in [0, 0.05) is 13.0 Å². The summed E-state index contributed by atoms with van der Waals surface area (Å²) in [4.78, 5) is 19.5. The van der Waals surface area contributed by atoms with Crippen LogP contribution in [0.4, 0.5) is 0 Å². The van der Waals surface area contributed by atoms with Crippen molar-refractivity contribution in [2.24, 2.45) is 17.8 Å². The highest BCUT2D eigenvalue weighted by molar-refractivity contribution is 5.75. The van der Waals surface area contributed by atoms with E-state index in [1.807, 2.05) is 6.92 Å². The monoisotopic (exact) mass is 362 g/mol. The molecule has 0 N–H and O–H groups in total. The second-order valence-corrected chi connectivity index (χ2v) is 7.98. The standard InChI is InChI=1S/C20H30N2O4/c1-13(6-14(2)23)9-24-18-7-17(8-18)11-26-20-15(3)19(21-12-22-20)25-10-16-4-5-16/h12-13,16-18H,4-11H2,1-3H3/t13-,17?,18?/m1/s1. The molecule has 0 saturated heterocycles. The number of hydrogen-bond acceptors (Lipinski definition) is 6. The molecule has 6 heteroatoms. The van der Waals surface area contributed by atoms with Gasteiger partial charge in [0.1, 0.15) is 12.1 Å². The molecule has 0 bridgehead atoms. The van der Waals surface area contributed by atoms with E-state index in [0.717, 1.165) is 25.0 Å². The molecule has 6 nitrogen and oxygen atoms in total. The highest BCUT2D eigenvalue weighted by atomic mass is 16.5. The Morgan fingerprint density at radius 2 is 1.77 bits per heavy atom. The van der Waals surface area contributed by atoms with Crippen molar-refractivity contribution < 1.29 is 19.0 Å². The molecule has 144 valence electrons.